The maximum atomic E-state index is 13.3. The first-order chi connectivity index (χ1) is 54.3. The van der Waals surface area contributed by atoms with E-state index in [9.17, 15) is 57.9 Å². The van der Waals surface area contributed by atoms with Crippen molar-refractivity contribution >= 4 is 51.2 Å². The van der Waals surface area contributed by atoms with Crippen molar-refractivity contribution in [2.45, 2.75) is 425 Å². The number of carbonyl (C=O) groups excluding carboxylic acids is 6. The molecule has 0 saturated carbocycles. The fourth-order valence-electron chi connectivity index (χ4n) is 12.8. The van der Waals surface area contributed by atoms with E-state index in [1.807, 2.05) is 0 Å². The summed E-state index contributed by atoms with van der Waals surface area (Å²) in [5.41, 5.74) is 0. The number of phosphoric acid groups is 2. The summed E-state index contributed by atoms with van der Waals surface area (Å²) in [5, 5.41) is 31.4. The number of rotatable bonds is 85. The van der Waals surface area contributed by atoms with Crippen molar-refractivity contribution < 1.29 is 94.9 Å². The molecule has 0 heterocycles. The third kappa shape index (κ3) is 71.7. The molecule has 0 saturated heterocycles. The van der Waals surface area contributed by atoms with Gasteiger partial charge in [0.15, 0.2) is 12.2 Å². The number of esters is 2. The summed E-state index contributed by atoms with van der Waals surface area (Å²) in [6.45, 7) is 10.1. The topological polar surface area (TPSA) is 339 Å². The fourth-order valence-corrected chi connectivity index (χ4v) is 14.3. The van der Waals surface area contributed by atoms with Crippen LogP contribution in [0.15, 0.2) is 24.3 Å². The van der Waals surface area contributed by atoms with E-state index in [2.05, 4.69) is 87.1 Å². The maximum Gasteiger partial charge on any atom is 0.472 e. The van der Waals surface area contributed by atoms with Gasteiger partial charge < -0.3 is 60.2 Å². The van der Waals surface area contributed by atoms with Crippen LogP contribution in [0.1, 0.15) is 388 Å². The number of hydrogen-bond donors (Lipinski definition) is 8. The van der Waals surface area contributed by atoms with Crippen LogP contribution in [0.4, 0.5) is 0 Å². The largest absolute Gasteiger partial charge is 0.472 e. The SMILES string of the molecule is CCCCCCC=CCCCC(=O)O[C@H](CCCCCCC)CCOCC(COP(=O)(O)OCCNC(=O)[C@@H](O)[C@@H](O)C(=O)NCCOP(=O)(O)OCC(COCC[C@@H](CCCCCCC)OC(=O)CCCC=CCCCCCC)NC(=O)CCCCCCCCCCCCC)NC(=O)CCCCCCCCCCCCC. The second kappa shape index (κ2) is 78.5. The zero-order valence-corrected chi connectivity index (χ0v) is 73.0. The summed E-state index contributed by atoms with van der Waals surface area (Å²) in [6, 6.07) is -1.76. The molecule has 0 bridgehead atoms. The Balaban J connectivity index is 5.65. The van der Waals surface area contributed by atoms with Crippen LogP contribution in [-0.4, -0.2) is 158 Å². The van der Waals surface area contributed by atoms with Gasteiger partial charge in [0.05, 0.1) is 64.9 Å². The van der Waals surface area contributed by atoms with Gasteiger partial charge in [0.25, 0.3) is 11.8 Å². The number of phosphoric ester groups is 2. The van der Waals surface area contributed by atoms with E-state index >= 15 is 0 Å². The molecule has 0 aliphatic carbocycles. The molecule has 112 heavy (non-hydrogen) atoms. The van der Waals surface area contributed by atoms with Gasteiger partial charge in [0.2, 0.25) is 11.8 Å². The Hall–Kier alpha value is -3.64. The predicted molar refractivity (Wildman–Crippen MR) is 448 cm³/mol. The number of ether oxygens (including phenoxy) is 4. The standard InChI is InChI=1S/C86H164N4O20P2/c1-7-13-19-25-29-33-35-39-41-47-53-59-79(91)89-75(71-103-67-63-77(57-51-45-23-17-11-5)109-81(93)61-55-49-43-37-31-27-21-15-9-3)73-107-111(99,100)105-69-65-87-85(97)83(95)84(96)86(98)88-66-70-106-112(101,102)108-74-76(90-80(92)60-54-48-42-40-36-34-30-26-20-14-8-2)72-104-68-64-78(58-52-46-24-18-12-6)110-82(94)62-56-50-44-38-32-28-22-16-10-4/h37-38,43-44,75-78,83-84,95-96H,7-36,39-42,45-74H2,1-6H3,(H,87,97)(H,88,98)(H,89,91)(H,90,92)(H,99,100)(H,101,102)/t75?,76?,77-,78-,83-,84+/m1/s1. The van der Waals surface area contributed by atoms with E-state index < -0.39 is 91.3 Å². The Morgan fingerprint density at radius 2 is 0.598 bits per heavy atom. The van der Waals surface area contributed by atoms with Gasteiger partial charge in [-0.15, -0.1) is 0 Å². The van der Waals surface area contributed by atoms with Crippen LogP contribution >= 0.6 is 15.6 Å². The van der Waals surface area contributed by atoms with E-state index in [1.165, 1.54) is 128 Å². The van der Waals surface area contributed by atoms with Gasteiger partial charge in [-0.05, 0) is 89.9 Å². The summed E-state index contributed by atoms with van der Waals surface area (Å²) < 4.78 is 71.2. The Morgan fingerprint density at radius 1 is 0.321 bits per heavy atom. The van der Waals surface area contributed by atoms with E-state index in [4.69, 9.17) is 37.0 Å². The molecular formula is C86H164N4O20P2. The molecular weight excluding hydrogens is 1470 g/mol. The molecule has 4 unspecified atom stereocenters. The van der Waals surface area contributed by atoms with Crippen molar-refractivity contribution in [1.29, 1.82) is 0 Å². The van der Waals surface area contributed by atoms with E-state index in [1.54, 1.807) is 0 Å². The predicted octanol–water partition coefficient (Wildman–Crippen LogP) is 19.3. The quantitative estimate of drug-likeness (QED) is 0.0121. The highest BCUT2D eigenvalue weighted by Crippen LogP contribution is 2.44. The van der Waals surface area contributed by atoms with Gasteiger partial charge >= 0.3 is 27.6 Å². The molecule has 658 valence electrons. The molecule has 24 nitrogen and oxygen atoms in total. The number of hydrogen-bond acceptors (Lipinski definition) is 18. The highest BCUT2D eigenvalue weighted by atomic mass is 31.2. The monoisotopic (exact) mass is 1640 g/mol. The lowest BCUT2D eigenvalue weighted by Gasteiger charge is -2.22. The summed E-state index contributed by atoms with van der Waals surface area (Å²) in [6.07, 6.45) is 56.3. The average Bonchev–Trinajstić information content (AvgIpc) is 0.904. The molecule has 0 radical (unpaired) electrons. The lowest BCUT2D eigenvalue weighted by molar-refractivity contribution is -0.151. The molecule has 0 aromatic carbocycles. The number of amides is 4. The minimum absolute atomic E-state index is 0.0967. The third-order valence-corrected chi connectivity index (χ3v) is 21.7. The normalized spacial score (nSPS) is 14.5. The van der Waals surface area contributed by atoms with Crippen LogP contribution in [0.5, 0.6) is 0 Å². The second-order valence-corrected chi connectivity index (χ2v) is 33.5. The number of carbonyl (C=O) groups is 6. The van der Waals surface area contributed by atoms with Crippen molar-refractivity contribution in [2.75, 3.05) is 65.9 Å². The van der Waals surface area contributed by atoms with Gasteiger partial charge in [-0.2, -0.15) is 0 Å². The van der Waals surface area contributed by atoms with Crippen LogP contribution in [-0.2, 0) is 74.9 Å². The fraction of sp³-hybridized carbons (Fsp3) is 0.884. The van der Waals surface area contributed by atoms with Crippen molar-refractivity contribution in [3.63, 3.8) is 0 Å². The van der Waals surface area contributed by atoms with Crippen molar-refractivity contribution in [2.24, 2.45) is 0 Å². The molecule has 8 N–H and O–H groups in total. The summed E-state index contributed by atoms with van der Waals surface area (Å²) >= 11 is 0. The summed E-state index contributed by atoms with van der Waals surface area (Å²) in [4.78, 5) is 99.7. The first kappa shape index (κ1) is 108. The highest BCUT2D eigenvalue weighted by Gasteiger charge is 2.32. The Kier molecular flexibility index (Phi) is 76.0. The van der Waals surface area contributed by atoms with Crippen molar-refractivity contribution in [3.8, 4) is 0 Å². The molecule has 0 aromatic rings. The third-order valence-electron chi connectivity index (χ3n) is 19.7. The first-order valence-corrected chi connectivity index (χ1v) is 47.8. The van der Waals surface area contributed by atoms with E-state index in [-0.39, 0.29) is 75.2 Å². The van der Waals surface area contributed by atoms with Gasteiger partial charge in [-0.1, -0.05) is 284 Å². The second-order valence-electron chi connectivity index (χ2n) is 30.5. The molecule has 0 aliphatic rings. The van der Waals surface area contributed by atoms with Crippen LogP contribution in [0, 0.1) is 0 Å². The van der Waals surface area contributed by atoms with Crippen molar-refractivity contribution in [1.82, 2.24) is 21.3 Å². The van der Waals surface area contributed by atoms with Gasteiger partial charge in [0.1, 0.15) is 12.2 Å². The lowest BCUT2D eigenvalue weighted by atomic mass is 10.1. The average molecular weight is 1640 g/mol. The van der Waals surface area contributed by atoms with Crippen LogP contribution in [0.2, 0.25) is 0 Å². The van der Waals surface area contributed by atoms with E-state index in [0.29, 0.717) is 64.2 Å². The number of unbranched alkanes of at least 4 members (excludes halogenated alkanes) is 38. The zero-order valence-electron chi connectivity index (χ0n) is 71.2. The van der Waals surface area contributed by atoms with Gasteiger partial charge in [0, 0.05) is 51.6 Å². The Labute approximate surface area is 679 Å². The number of allylic oxidation sites excluding steroid dienone is 4. The minimum atomic E-state index is -4.84. The maximum absolute atomic E-state index is 13.3. The molecule has 4 amide bonds. The number of aliphatic hydroxyl groups excluding tert-OH is 2. The first-order valence-electron chi connectivity index (χ1n) is 44.8. The number of aliphatic hydroxyl groups is 2. The highest BCUT2D eigenvalue weighted by molar-refractivity contribution is 7.47. The molecule has 0 aliphatic heterocycles. The van der Waals surface area contributed by atoms with Gasteiger partial charge in [-0.25, -0.2) is 9.13 Å². The van der Waals surface area contributed by atoms with Crippen LogP contribution < -0.4 is 21.3 Å². The van der Waals surface area contributed by atoms with E-state index in [0.717, 1.165) is 141 Å². The Bertz CT molecular complexity index is 2250. The molecule has 8 atom stereocenters. The lowest BCUT2D eigenvalue weighted by Crippen LogP contribution is -2.50. The molecule has 26 heteroatoms. The number of nitrogens with one attached hydrogen (secondary N) is 4. The van der Waals surface area contributed by atoms with Gasteiger partial charge in [-0.3, -0.25) is 46.9 Å². The Morgan fingerprint density at radius 3 is 0.911 bits per heavy atom. The zero-order chi connectivity index (χ0) is 82.5. The molecule has 0 fully saturated rings. The van der Waals surface area contributed by atoms with Crippen molar-refractivity contribution in [3.05, 3.63) is 24.3 Å². The molecule has 0 aromatic heterocycles. The van der Waals surface area contributed by atoms with Crippen LogP contribution in [0.25, 0.3) is 0 Å². The molecule has 0 spiro atoms. The smallest absolute Gasteiger partial charge is 0.462 e. The van der Waals surface area contributed by atoms with Crippen LogP contribution in [0.3, 0.4) is 0 Å². The summed E-state index contributed by atoms with van der Waals surface area (Å²) in [5.74, 6) is -3.56. The molecule has 0 rings (SSSR count). The summed E-state index contributed by atoms with van der Waals surface area (Å²) in [7, 11) is -9.68. The minimum Gasteiger partial charge on any atom is -0.462 e.